The Morgan fingerprint density at radius 3 is 2.43 bits per heavy atom. The van der Waals surface area contributed by atoms with Crippen molar-refractivity contribution in [3.8, 4) is 0 Å². The van der Waals surface area contributed by atoms with Crippen molar-refractivity contribution in [3.63, 3.8) is 0 Å². The van der Waals surface area contributed by atoms with Crippen molar-refractivity contribution in [2.24, 2.45) is 0 Å². The van der Waals surface area contributed by atoms with Crippen LogP contribution in [0.2, 0.25) is 0 Å². The molecule has 0 bridgehead atoms. The van der Waals surface area contributed by atoms with Crippen molar-refractivity contribution in [1.29, 1.82) is 0 Å². The van der Waals surface area contributed by atoms with Crippen LogP contribution in [-0.4, -0.2) is 34.4 Å². The van der Waals surface area contributed by atoms with E-state index in [1.54, 1.807) is 19.1 Å². The summed E-state index contributed by atoms with van der Waals surface area (Å²) in [5, 5.41) is 2.11. The summed E-state index contributed by atoms with van der Waals surface area (Å²) in [6.45, 7) is 3.98. The highest BCUT2D eigenvalue weighted by molar-refractivity contribution is 8.00. The molecular formula is C14H17Cl2NO3S. The van der Waals surface area contributed by atoms with E-state index in [2.05, 4.69) is 5.32 Å². The van der Waals surface area contributed by atoms with Gasteiger partial charge in [0.1, 0.15) is 10.2 Å². The summed E-state index contributed by atoms with van der Waals surface area (Å²) in [4.78, 5) is 22.6. The maximum atomic E-state index is 12.1. The van der Waals surface area contributed by atoms with Gasteiger partial charge in [-0.05, 0) is 26.0 Å². The van der Waals surface area contributed by atoms with Gasteiger partial charge in [0.25, 0.3) is 5.91 Å². The number of hydrogen-bond acceptors (Lipinski definition) is 4. The molecule has 1 aromatic carbocycles. The first-order valence-electron chi connectivity index (χ1n) is 6.37. The maximum Gasteiger partial charge on any atom is 0.315 e. The van der Waals surface area contributed by atoms with E-state index >= 15 is 0 Å². The first kappa shape index (κ1) is 18.1. The van der Waals surface area contributed by atoms with Crippen molar-refractivity contribution >= 4 is 46.8 Å². The summed E-state index contributed by atoms with van der Waals surface area (Å²) in [5.74, 6) is -0.587. The molecule has 21 heavy (non-hydrogen) atoms. The molecule has 0 saturated heterocycles. The summed E-state index contributed by atoms with van der Waals surface area (Å²) in [5.41, 5.74) is 1.57. The molecule has 0 fully saturated rings. The highest BCUT2D eigenvalue weighted by atomic mass is 35.5. The zero-order chi connectivity index (χ0) is 15.8. The number of nitrogens with one attached hydrogen (secondary N) is 1. The number of carbonyl (C=O) groups is 2. The Morgan fingerprint density at radius 1 is 1.29 bits per heavy atom. The molecule has 1 N–H and O–H groups in total. The minimum absolute atomic E-state index is 0.0720. The number of esters is 1. The molecule has 1 atom stereocenters. The van der Waals surface area contributed by atoms with Crippen LogP contribution in [0.4, 0.5) is 0 Å². The molecule has 0 radical (unpaired) electrons. The zero-order valence-corrected chi connectivity index (χ0v) is 14.1. The predicted octanol–water partition coefficient (Wildman–Crippen LogP) is 3.15. The standard InChI is InChI=1S/C14H17Cl2NO3S/c1-3-20-11(18)8-21-14(12(15)16)17-13(19)10-6-4-9(2)5-7-10/h4-7,12,14H,3,8H2,1-2H3,(H,17,19). The Labute approximate surface area is 138 Å². The summed E-state index contributed by atoms with van der Waals surface area (Å²) in [6, 6.07) is 7.12. The molecule has 1 rings (SSSR count). The van der Waals surface area contributed by atoms with E-state index in [1.165, 1.54) is 0 Å². The number of ether oxygens (including phenoxy) is 1. The second-order valence-electron chi connectivity index (χ2n) is 4.21. The highest BCUT2D eigenvalue weighted by Gasteiger charge is 2.22. The topological polar surface area (TPSA) is 55.4 Å². The lowest BCUT2D eigenvalue weighted by Crippen LogP contribution is -2.37. The van der Waals surface area contributed by atoms with E-state index in [-0.39, 0.29) is 17.6 Å². The van der Waals surface area contributed by atoms with Crippen molar-refractivity contribution < 1.29 is 14.3 Å². The van der Waals surface area contributed by atoms with Crippen LogP contribution in [0.5, 0.6) is 0 Å². The minimum Gasteiger partial charge on any atom is -0.465 e. The fraction of sp³-hybridized carbons (Fsp3) is 0.429. The summed E-state index contributed by atoms with van der Waals surface area (Å²) in [7, 11) is 0. The SMILES string of the molecule is CCOC(=O)CSC(NC(=O)c1ccc(C)cc1)C(Cl)Cl. The highest BCUT2D eigenvalue weighted by Crippen LogP contribution is 2.20. The Hall–Kier alpha value is -0.910. The van der Waals surface area contributed by atoms with Crippen LogP contribution in [0.1, 0.15) is 22.8 Å². The van der Waals surface area contributed by atoms with Crippen LogP contribution in [0, 0.1) is 6.92 Å². The number of alkyl halides is 2. The first-order valence-corrected chi connectivity index (χ1v) is 8.29. The summed E-state index contributed by atoms with van der Waals surface area (Å²) < 4.78 is 4.82. The van der Waals surface area contributed by atoms with Crippen molar-refractivity contribution in [2.45, 2.75) is 24.1 Å². The fourth-order valence-corrected chi connectivity index (χ4v) is 2.75. The number of aryl methyl sites for hydroxylation is 1. The first-order chi connectivity index (χ1) is 9.93. The lowest BCUT2D eigenvalue weighted by molar-refractivity contribution is -0.139. The second-order valence-corrected chi connectivity index (χ2v) is 6.50. The normalized spacial score (nSPS) is 12.0. The summed E-state index contributed by atoms with van der Waals surface area (Å²) >= 11 is 12.8. The number of hydrogen-bond donors (Lipinski definition) is 1. The molecule has 4 nitrogen and oxygen atoms in total. The molecule has 0 aromatic heterocycles. The number of thioether (sulfide) groups is 1. The van der Waals surface area contributed by atoms with E-state index in [1.807, 2.05) is 19.1 Å². The monoisotopic (exact) mass is 349 g/mol. The number of halogens is 2. The average molecular weight is 350 g/mol. The van der Waals surface area contributed by atoms with Gasteiger partial charge in [-0.1, -0.05) is 17.7 Å². The van der Waals surface area contributed by atoms with Crippen LogP contribution in [0.3, 0.4) is 0 Å². The van der Waals surface area contributed by atoms with Crippen molar-refractivity contribution in [3.05, 3.63) is 35.4 Å². The Bertz CT molecular complexity index is 480. The zero-order valence-electron chi connectivity index (χ0n) is 11.8. The largest absolute Gasteiger partial charge is 0.465 e. The smallest absolute Gasteiger partial charge is 0.315 e. The van der Waals surface area contributed by atoms with Crippen LogP contribution in [0.25, 0.3) is 0 Å². The van der Waals surface area contributed by atoms with Gasteiger partial charge >= 0.3 is 5.97 Å². The maximum absolute atomic E-state index is 12.1. The van der Waals surface area contributed by atoms with E-state index in [0.717, 1.165) is 17.3 Å². The molecule has 1 unspecified atom stereocenters. The van der Waals surface area contributed by atoms with Crippen LogP contribution in [-0.2, 0) is 9.53 Å². The Balaban J connectivity index is 2.59. The van der Waals surface area contributed by atoms with Gasteiger partial charge in [0.05, 0.1) is 12.4 Å². The molecule has 0 saturated carbocycles. The molecule has 1 amide bonds. The average Bonchev–Trinajstić information content (AvgIpc) is 2.43. The summed E-state index contributed by atoms with van der Waals surface area (Å²) in [6.07, 6.45) is 0. The van der Waals surface area contributed by atoms with Gasteiger partial charge in [-0.15, -0.1) is 35.0 Å². The van der Waals surface area contributed by atoms with E-state index < -0.39 is 10.2 Å². The quantitative estimate of drug-likeness (QED) is 0.466. The lowest BCUT2D eigenvalue weighted by Gasteiger charge is -2.19. The number of rotatable bonds is 7. The molecular weight excluding hydrogens is 333 g/mol. The third kappa shape index (κ3) is 6.59. The Morgan fingerprint density at radius 2 is 1.90 bits per heavy atom. The molecule has 0 heterocycles. The third-order valence-electron chi connectivity index (χ3n) is 2.50. The van der Waals surface area contributed by atoms with Gasteiger partial charge in [0.15, 0.2) is 0 Å². The molecule has 116 valence electrons. The van der Waals surface area contributed by atoms with E-state index in [9.17, 15) is 9.59 Å². The molecule has 0 aliphatic carbocycles. The van der Waals surface area contributed by atoms with Crippen LogP contribution < -0.4 is 5.32 Å². The van der Waals surface area contributed by atoms with Crippen LogP contribution >= 0.6 is 35.0 Å². The van der Waals surface area contributed by atoms with Crippen molar-refractivity contribution in [2.75, 3.05) is 12.4 Å². The molecule has 0 aliphatic heterocycles. The van der Waals surface area contributed by atoms with Gasteiger partial charge in [0.2, 0.25) is 0 Å². The van der Waals surface area contributed by atoms with Gasteiger partial charge in [-0.2, -0.15) is 0 Å². The van der Waals surface area contributed by atoms with Gasteiger partial charge < -0.3 is 10.1 Å². The molecule has 0 spiro atoms. The van der Waals surface area contributed by atoms with Gasteiger partial charge in [0, 0.05) is 5.56 Å². The number of amides is 1. The van der Waals surface area contributed by atoms with Gasteiger partial charge in [-0.3, -0.25) is 9.59 Å². The lowest BCUT2D eigenvalue weighted by atomic mass is 10.1. The van der Waals surface area contributed by atoms with Crippen LogP contribution in [0.15, 0.2) is 24.3 Å². The van der Waals surface area contributed by atoms with E-state index in [4.69, 9.17) is 27.9 Å². The minimum atomic E-state index is -0.834. The van der Waals surface area contributed by atoms with Crippen molar-refractivity contribution in [1.82, 2.24) is 5.32 Å². The second kappa shape index (κ2) is 9.18. The predicted molar refractivity (Wildman–Crippen MR) is 87.0 cm³/mol. The van der Waals surface area contributed by atoms with Gasteiger partial charge in [-0.25, -0.2) is 0 Å². The Kier molecular flexibility index (Phi) is 7.93. The molecule has 0 aliphatic rings. The van der Waals surface area contributed by atoms with E-state index in [0.29, 0.717) is 12.2 Å². The number of benzene rings is 1. The third-order valence-corrected chi connectivity index (χ3v) is 4.46. The fourth-order valence-electron chi connectivity index (χ4n) is 1.46. The number of carbonyl (C=O) groups excluding carboxylic acids is 2. The molecule has 1 aromatic rings. The molecule has 7 heteroatoms.